The Morgan fingerprint density at radius 1 is 1.38 bits per heavy atom. The molecule has 84 valence electrons. The van der Waals surface area contributed by atoms with Crippen LogP contribution in [-0.4, -0.2) is 20.9 Å². The van der Waals surface area contributed by atoms with Gasteiger partial charge in [-0.3, -0.25) is 4.40 Å². The number of aromatic nitrogens is 3. The summed E-state index contributed by atoms with van der Waals surface area (Å²) in [6, 6.07) is 2.46. The number of rotatable bonds is 1. The molecule has 0 bridgehead atoms. The van der Waals surface area contributed by atoms with E-state index in [4.69, 9.17) is 0 Å². The van der Waals surface area contributed by atoms with E-state index in [1.54, 1.807) is 0 Å². The molecule has 1 N–H and O–H groups in total. The molecule has 1 fully saturated rings. The summed E-state index contributed by atoms with van der Waals surface area (Å²) in [5.41, 5.74) is 3.18. The van der Waals surface area contributed by atoms with Gasteiger partial charge >= 0.3 is 0 Å². The van der Waals surface area contributed by atoms with E-state index in [0.717, 1.165) is 29.4 Å². The highest BCUT2D eigenvalue weighted by atomic mass is 15.1. The molecule has 4 nitrogen and oxygen atoms in total. The second kappa shape index (κ2) is 3.56. The highest BCUT2D eigenvalue weighted by molar-refractivity contribution is 5.42. The predicted molar refractivity (Wildman–Crippen MR) is 62.4 cm³/mol. The molecular formula is C12H16N4. The van der Waals surface area contributed by atoms with Gasteiger partial charge in [-0.05, 0) is 33.2 Å². The number of fused-ring (bicyclic) bond motifs is 1. The van der Waals surface area contributed by atoms with Crippen molar-refractivity contribution in [3.05, 3.63) is 29.5 Å². The zero-order valence-corrected chi connectivity index (χ0v) is 9.70. The summed E-state index contributed by atoms with van der Waals surface area (Å²) in [6.45, 7) is 5.14. The standard InChI is InChI=1S/C12H16N4/c1-8-6-12-15-11(10-4-3-5-13-10)7-16(12)9(2)14-8/h6-7,10,13H,3-5H2,1-2H3. The van der Waals surface area contributed by atoms with Crippen molar-refractivity contribution in [2.75, 3.05) is 6.54 Å². The molecule has 2 aromatic rings. The van der Waals surface area contributed by atoms with Gasteiger partial charge in [0.25, 0.3) is 0 Å². The van der Waals surface area contributed by atoms with E-state index in [1.807, 2.05) is 19.9 Å². The predicted octanol–water partition coefficient (Wildman–Crippen LogP) is 1.77. The number of hydrogen-bond acceptors (Lipinski definition) is 3. The van der Waals surface area contributed by atoms with Crippen LogP contribution in [0, 0.1) is 13.8 Å². The molecule has 1 saturated heterocycles. The van der Waals surface area contributed by atoms with Crippen molar-refractivity contribution < 1.29 is 0 Å². The van der Waals surface area contributed by atoms with Gasteiger partial charge in [0, 0.05) is 18.0 Å². The molecule has 1 aliphatic heterocycles. The van der Waals surface area contributed by atoms with Gasteiger partial charge in [0.05, 0.1) is 11.7 Å². The Bertz CT molecular complexity index is 523. The Morgan fingerprint density at radius 2 is 2.25 bits per heavy atom. The van der Waals surface area contributed by atoms with Crippen molar-refractivity contribution in [1.82, 2.24) is 19.7 Å². The number of aryl methyl sites for hydroxylation is 2. The molecule has 1 aliphatic rings. The van der Waals surface area contributed by atoms with E-state index >= 15 is 0 Å². The maximum atomic E-state index is 4.68. The van der Waals surface area contributed by atoms with Gasteiger partial charge in [0.2, 0.25) is 0 Å². The molecule has 3 rings (SSSR count). The molecule has 0 spiro atoms. The van der Waals surface area contributed by atoms with Crippen LogP contribution in [0.1, 0.15) is 36.1 Å². The van der Waals surface area contributed by atoms with Crippen molar-refractivity contribution in [2.24, 2.45) is 0 Å². The van der Waals surface area contributed by atoms with Crippen molar-refractivity contribution in [2.45, 2.75) is 32.7 Å². The van der Waals surface area contributed by atoms with E-state index in [1.165, 1.54) is 12.8 Å². The number of hydrogen-bond donors (Lipinski definition) is 1. The lowest BCUT2D eigenvalue weighted by Gasteiger charge is -2.04. The normalized spacial score (nSPS) is 20.8. The minimum Gasteiger partial charge on any atom is -0.309 e. The van der Waals surface area contributed by atoms with Gasteiger partial charge in [-0.1, -0.05) is 0 Å². The summed E-state index contributed by atoms with van der Waals surface area (Å²) in [5, 5.41) is 3.47. The van der Waals surface area contributed by atoms with Gasteiger partial charge in [0.1, 0.15) is 11.5 Å². The van der Waals surface area contributed by atoms with E-state index in [-0.39, 0.29) is 0 Å². The summed E-state index contributed by atoms with van der Waals surface area (Å²) < 4.78 is 2.07. The lowest BCUT2D eigenvalue weighted by atomic mass is 10.2. The first kappa shape index (κ1) is 9.78. The molecule has 16 heavy (non-hydrogen) atoms. The number of imidazole rings is 1. The minimum atomic E-state index is 0.430. The third-order valence-corrected chi connectivity index (χ3v) is 3.19. The summed E-state index contributed by atoms with van der Waals surface area (Å²) in [4.78, 5) is 9.12. The first-order chi connectivity index (χ1) is 7.74. The van der Waals surface area contributed by atoms with Crippen molar-refractivity contribution in [3.8, 4) is 0 Å². The summed E-state index contributed by atoms with van der Waals surface area (Å²) in [5.74, 6) is 1.01. The fourth-order valence-corrected chi connectivity index (χ4v) is 2.41. The summed E-state index contributed by atoms with van der Waals surface area (Å²) in [6.07, 6.45) is 4.55. The van der Waals surface area contributed by atoms with Crippen LogP contribution in [0.5, 0.6) is 0 Å². The quantitative estimate of drug-likeness (QED) is 0.790. The highest BCUT2D eigenvalue weighted by Crippen LogP contribution is 2.22. The summed E-state index contributed by atoms with van der Waals surface area (Å²) in [7, 11) is 0. The van der Waals surface area contributed by atoms with Crippen LogP contribution in [-0.2, 0) is 0 Å². The average molecular weight is 216 g/mol. The van der Waals surface area contributed by atoms with Crippen LogP contribution in [0.4, 0.5) is 0 Å². The highest BCUT2D eigenvalue weighted by Gasteiger charge is 2.19. The molecule has 0 amide bonds. The topological polar surface area (TPSA) is 42.2 Å². The Labute approximate surface area is 94.7 Å². The monoisotopic (exact) mass is 216 g/mol. The SMILES string of the molecule is Cc1cc2nc(C3CCCN3)cn2c(C)n1. The van der Waals surface area contributed by atoms with Gasteiger partial charge < -0.3 is 5.32 Å². The minimum absolute atomic E-state index is 0.430. The first-order valence-electron chi connectivity index (χ1n) is 5.81. The van der Waals surface area contributed by atoms with Crippen molar-refractivity contribution in [1.29, 1.82) is 0 Å². The van der Waals surface area contributed by atoms with Gasteiger partial charge in [0.15, 0.2) is 0 Å². The van der Waals surface area contributed by atoms with E-state index in [9.17, 15) is 0 Å². The van der Waals surface area contributed by atoms with Crippen molar-refractivity contribution in [3.63, 3.8) is 0 Å². The van der Waals surface area contributed by atoms with Crippen LogP contribution in [0.15, 0.2) is 12.3 Å². The molecule has 1 unspecified atom stereocenters. The van der Waals surface area contributed by atoms with Gasteiger partial charge in [-0.2, -0.15) is 0 Å². The van der Waals surface area contributed by atoms with E-state index in [2.05, 4.69) is 25.9 Å². The number of nitrogens with one attached hydrogen (secondary N) is 1. The zero-order valence-electron chi connectivity index (χ0n) is 9.70. The molecule has 2 aromatic heterocycles. The van der Waals surface area contributed by atoms with Crippen LogP contribution in [0.3, 0.4) is 0 Å². The van der Waals surface area contributed by atoms with Crippen LogP contribution in [0.2, 0.25) is 0 Å². The molecule has 1 atom stereocenters. The maximum Gasteiger partial charge on any atom is 0.140 e. The Kier molecular flexibility index (Phi) is 2.17. The van der Waals surface area contributed by atoms with E-state index < -0.39 is 0 Å². The lowest BCUT2D eigenvalue weighted by Crippen LogP contribution is -2.12. The van der Waals surface area contributed by atoms with Crippen LogP contribution in [0.25, 0.3) is 5.65 Å². The van der Waals surface area contributed by atoms with Gasteiger partial charge in [-0.15, -0.1) is 0 Å². The molecule has 0 aliphatic carbocycles. The molecule has 3 heterocycles. The van der Waals surface area contributed by atoms with Crippen LogP contribution >= 0.6 is 0 Å². The first-order valence-corrected chi connectivity index (χ1v) is 5.81. The fourth-order valence-electron chi connectivity index (χ4n) is 2.41. The van der Waals surface area contributed by atoms with E-state index in [0.29, 0.717) is 6.04 Å². The lowest BCUT2D eigenvalue weighted by molar-refractivity contribution is 0.632. The summed E-state index contributed by atoms with van der Waals surface area (Å²) >= 11 is 0. The van der Waals surface area contributed by atoms with Crippen LogP contribution < -0.4 is 5.32 Å². The van der Waals surface area contributed by atoms with Gasteiger partial charge in [-0.25, -0.2) is 9.97 Å². The zero-order chi connectivity index (χ0) is 11.1. The fraction of sp³-hybridized carbons (Fsp3) is 0.500. The average Bonchev–Trinajstić information content (AvgIpc) is 2.82. The molecule has 0 aromatic carbocycles. The number of nitrogens with zero attached hydrogens (tertiary/aromatic N) is 3. The third-order valence-electron chi connectivity index (χ3n) is 3.19. The second-order valence-corrected chi connectivity index (χ2v) is 4.49. The van der Waals surface area contributed by atoms with Crippen molar-refractivity contribution >= 4 is 5.65 Å². The Hall–Kier alpha value is -1.42. The molecule has 0 radical (unpaired) electrons. The maximum absolute atomic E-state index is 4.68. The molecule has 0 saturated carbocycles. The second-order valence-electron chi connectivity index (χ2n) is 4.49. The smallest absolute Gasteiger partial charge is 0.140 e. The molecular weight excluding hydrogens is 200 g/mol. The third kappa shape index (κ3) is 1.50. The Morgan fingerprint density at radius 3 is 3.00 bits per heavy atom. The Balaban J connectivity index is 2.11. The molecule has 4 heteroatoms. The largest absolute Gasteiger partial charge is 0.309 e.